The number of benzene rings is 1. The van der Waals surface area contributed by atoms with E-state index >= 15 is 0 Å². The molecule has 0 aliphatic carbocycles. The highest BCUT2D eigenvalue weighted by molar-refractivity contribution is 5.95. The van der Waals surface area contributed by atoms with Gasteiger partial charge in [-0.2, -0.15) is 0 Å². The van der Waals surface area contributed by atoms with Gasteiger partial charge in [0.2, 0.25) is 0 Å². The molecule has 0 radical (unpaired) electrons. The molecular weight excluding hydrogens is 339 g/mol. The fourth-order valence-corrected chi connectivity index (χ4v) is 2.86. The Balaban J connectivity index is 1.95. The highest BCUT2D eigenvalue weighted by Crippen LogP contribution is 2.21. The molecular formula is C19H27FN2O4. The minimum absolute atomic E-state index is 0.0367. The second-order valence-electron chi connectivity index (χ2n) is 7.39. The molecule has 1 aromatic rings. The van der Waals surface area contributed by atoms with Crippen LogP contribution in [0.1, 0.15) is 50.4 Å². The Morgan fingerprint density at radius 1 is 1.23 bits per heavy atom. The molecule has 0 aromatic heterocycles. The molecule has 1 atom stereocenters. The van der Waals surface area contributed by atoms with Gasteiger partial charge < -0.3 is 19.7 Å². The molecule has 1 aliphatic rings. The van der Waals surface area contributed by atoms with Crippen LogP contribution in [-0.2, 0) is 4.74 Å². The number of likely N-dealkylation sites (tertiary alicyclic amines) is 1. The molecule has 1 aromatic carbocycles. The van der Waals surface area contributed by atoms with Crippen molar-refractivity contribution in [2.45, 2.75) is 51.7 Å². The Labute approximate surface area is 153 Å². The Morgan fingerprint density at radius 3 is 2.62 bits per heavy atom. The fourth-order valence-electron chi connectivity index (χ4n) is 2.86. The van der Waals surface area contributed by atoms with Crippen molar-refractivity contribution in [1.29, 1.82) is 0 Å². The van der Waals surface area contributed by atoms with Gasteiger partial charge in [0.25, 0.3) is 5.91 Å². The van der Waals surface area contributed by atoms with Crippen molar-refractivity contribution in [3.63, 3.8) is 0 Å². The van der Waals surface area contributed by atoms with E-state index in [0.717, 1.165) is 12.8 Å². The van der Waals surface area contributed by atoms with E-state index in [1.807, 2.05) is 20.8 Å². The van der Waals surface area contributed by atoms with E-state index in [1.165, 1.54) is 19.2 Å². The number of carbonyl (C=O) groups excluding carboxylic acids is 2. The summed E-state index contributed by atoms with van der Waals surface area (Å²) >= 11 is 0. The number of halogens is 1. The lowest BCUT2D eigenvalue weighted by molar-refractivity contribution is 0.0256. The molecule has 1 saturated heterocycles. The largest absolute Gasteiger partial charge is 0.494 e. The predicted molar refractivity (Wildman–Crippen MR) is 95.9 cm³/mol. The Morgan fingerprint density at radius 2 is 1.96 bits per heavy atom. The number of amides is 2. The van der Waals surface area contributed by atoms with Gasteiger partial charge in [-0.15, -0.1) is 0 Å². The average Bonchev–Trinajstić information content (AvgIpc) is 2.79. The van der Waals surface area contributed by atoms with Gasteiger partial charge in [0, 0.05) is 19.1 Å². The molecule has 0 bridgehead atoms. The van der Waals surface area contributed by atoms with Crippen molar-refractivity contribution in [3.05, 3.63) is 29.6 Å². The summed E-state index contributed by atoms with van der Waals surface area (Å²) < 4.78 is 24.5. The Kier molecular flexibility index (Phi) is 6.45. The van der Waals surface area contributed by atoms with E-state index < -0.39 is 17.3 Å². The summed E-state index contributed by atoms with van der Waals surface area (Å²) in [5.74, 6) is -1.11. The Bertz CT molecular complexity index is 657. The number of nitrogens with zero attached hydrogens (tertiary/aromatic N) is 1. The van der Waals surface area contributed by atoms with E-state index in [2.05, 4.69) is 5.32 Å². The minimum atomic E-state index is -0.670. The second kappa shape index (κ2) is 8.38. The van der Waals surface area contributed by atoms with Crippen LogP contribution < -0.4 is 10.1 Å². The van der Waals surface area contributed by atoms with E-state index in [0.29, 0.717) is 19.5 Å². The number of carbonyl (C=O) groups is 2. The summed E-state index contributed by atoms with van der Waals surface area (Å²) in [4.78, 5) is 26.2. The third kappa shape index (κ3) is 5.34. The molecule has 7 heteroatoms. The normalized spacial score (nSPS) is 18.0. The smallest absolute Gasteiger partial charge is 0.410 e. The SMILES string of the molecule is COc1cccc(C(=O)NC2CCCN(C(=O)OC(C)(C)C)CC2)c1F. The first-order valence-corrected chi connectivity index (χ1v) is 8.82. The molecule has 2 rings (SSSR count). The molecule has 0 spiro atoms. The molecule has 1 heterocycles. The zero-order valence-electron chi connectivity index (χ0n) is 15.8. The van der Waals surface area contributed by atoms with E-state index in [-0.39, 0.29) is 23.4 Å². The molecule has 144 valence electrons. The monoisotopic (exact) mass is 366 g/mol. The molecule has 2 amide bonds. The van der Waals surface area contributed by atoms with Crippen molar-refractivity contribution in [2.75, 3.05) is 20.2 Å². The summed E-state index contributed by atoms with van der Waals surface area (Å²) in [5.41, 5.74) is -0.585. The van der Waals surface area contributed by atoms with Crippen LogP contribution in [0.15, 0.2) is 18.2 Å². The lowest BCUT2D eigenvalue weighted by Crippen LogP contribution is -2.39. The van der Waals surface area contributed by atoms with Gasteiger partial charge in [-0.3, -0.25) is 4.79 Å². The van der Waals surface area contributed by atoms with Crippen LogP contribution in [0.25, 0.3) is 0 Å². The van der Waals surface area contributed by atoms with Gasteiger partial charge in [-0.25, -0.2) is 9.18 Å². The van der Waals surface area contributed by atoms with Gasteiger partial charge in [-0.05, 0) is 52.2 Å². The number of rotatable bonds is 3. The van der Waals surface area contributed by atoms with Gasteiger partial charge >= 0.3 is 6.09 Å². The zero-order valence-corrected chi connectivity index (χ0v) is 15.8. The van der Waals surface area contributed by atoms with Crippen LogP contribution in [-0.4, -0.2) is 48.7 Å². The number of nitrogens with one attached hydrogen (secondary N) is 1. The van der Waals surface area contributed by atoms with Crippen molar-refractivity contribution in [1.82, 2.24) is 10.2 Å². The fraction of sp³-hybridized carbons (Fsp3) is 0.579. The molecule has 26 heavy (non-hydrogen) atoms. The maximum atomic E-state index is 14.2. The van der Waals surface area contributed by atoms with Crippen molar-refractivity contribution < 1.29 is 23.5 Å². The average molecular weight is 366 g/mol. The summed E-state index contributed by atoms with van der Waals surface area (Å²) in [6.45, 7) is 6.55. The topological polar surface area (TPSA) is 67.9 Å². The van der Waals surface area contributed by atoms with Crippen LogP contribution >= 0.6 is 0 Å². The van der Waals surface area contributed by atoms with Crippen molar-refractivity contribution in [2.24, 2.45) is 0 Å². The summed E-state index contributed by atoms with van der Waals surface area (Å²) in [6, 6.07) is 4.35. The Hall–Kier alpha value is -2.31. The first kappa shape index (κ1) is 20.0. The zero-order chi connectivity index (χ0) is 19.3. The quantitative estimate of drug-likeness (QED) is 0.891. The maximum Gasteiger partial charge on any atom is 0.410 e. The van der Waals surface area contributed by atoms with Gasteiger partial charge in [-0.1, -0.05) is 6.07 Å². The first-order chi connectivity index (χ1) is 12.2. The second-order valence-corrected chi connectivity index (χ2v) is 7.39. The molecule has 0 saturated carbocycles. The molecule has 1 aliphatic heterocycles. The van der Waals surface area contributed by atoms with Crippen molar-refractivity contribution >= 4 is 12.0 Å². The number of hydrogen-bond acceptors (Lipinski definition) is 4. The summed E-state index contributed by atoms with van der Waals surface area (Å²) in [6.07, 6.45) is 1.71. The van der Waals surface area contributed by atoms with Gasteiger partial charge in [0.1, 0.15) is 5.60 Å². The van der Waals surface area contributed by atoms with Crippen LogP contribution in [0, 0.1) is 5.82 Å². The van der Waals surface area contributed by atoms with Crippen molar-refractivity contribution in [3.8, 4) is 5.75 Å². The van der Waals surface area contributed by atoms with Crippen LogP contribution in [0.2, 0.25) is 0 Å². The molecule has 1 N–H and O–H groups in total. The molecule has 6 nitrogen and oxygen atoms in total. The lowest BCUT2D eigenvalue weighted by atomic mass is 10.1. The summed E-state index contributed by atoms with van der Waals surface area (Å²) in [7, 11) is 1.36. The summed E-state index contributed by atoms with van der Waals surface area (Å²) in [5, 5.41) is 2.86. The standard InChI is InChI=1S/C19H27FN2O4/c1-19(2,3)26-18(24)22-11-6-7-13(10-12-22)21-17(23)14-8-5-9-15(25-4)16(14)20/h5,8-9,13H,6-7,10-12H2,1-4H3,(H,21,23). The van der Waals surface area contributed by atoms with E-state index in [1.54, 1.807) is 11.0 Å². The van der Waals surface area contributed by atoms with E-state index in [9.17, 15) is 14.0 Å². The maximum absolute atomic E-state index is 14.2. The third-order valence-electron chi connectivity index (χ3n) is 4.14. The minimum Gasteiger partial charge on any atom is -0.494 e. The lowest BCUT2D eigenvalue weighted by Gasteiger charge is -2.26. The van der Waals surface area contributed by atoms with Gasteiger partial charge in [0.05, 0.1) is 12.7 Å². The van der Waals surface area contributed by atoms with Gasteiger partial charge in [0.15, 0.2) is 11.6 Å². The molecule has 1 fully saturated rings. The predicted octanol–water partition coefficient (Wildman–Crippen LogP) is 3.35. The molecule has 1 unspecified atom stereocenters. The van der Waals surface area contributed by atoms with Crippen LogP contribution in [0.4, 0.5) is 9.18 Å². The van der Waals surface area contributed by atoms with Crippen LogP contribution in [0.3, 0.4) is 0 Å². The van der Waals surface area contributed by atoms with E-state index in [4.69, 9.17) is 9.47 Å². The highest BCUT2D eigenvalue weighted by Gasteiger charge is 2.26. The number of methoxy groups -OCH3 is 1. The first-order valence-electron chi connectivity index (χ1n) is 8.82. The number of ether oxygens (including phenoxy) is 2. The van der Waals surface area contributed by atoms with Crippen LogP contribution in [0.5, 0.6) is 5.75 Å². The number of hydrogen-bond donors (Lipinski definition) is 1. The third-order valence-corrected chi connectivity index (χ3v) is 4.14. The highest BCUT2D eigenvalue weighted by atomic mass is 19.1.